The second-order valence-electron chi connectivity index (χ2n) is 8.69. The number of thiazole rings is 1. The zero-order valence-electron chi connectivity index (χ0n) is 20.9. The van der Waals surface area contributed by atoms with Crippen molar-refractivity contribution in [1.82, 2.24) is 14.2 Å². The standard InChI is InChI=1S/C26H25FN4O6S2/c1-2-36-26(33)29-11-13-30(14-12-29)39(34,35)21-8-5-18(6-9-21)24(32)31(17-20-4-3-15-37-20)25-28-22-10-7-19(27)16-23(22)38-25/h3-10,15-16H,2,11-14,17H2,1H3. The van der Waals surface area contributed by atoms with E-state index in [0.717, 1.165) is 0 Å². The SMILES string of the molecule is CCOC(=O)N1CCN(S(=O)(=O)c2ccc(C(=O)N(Cc3ccco3)c3nc4ccc(F)cc4s3)cc2)CC1. The summed E-state index contributed by atoms with van der Waals surface area (Å²) >= 11 is 1.17. The van der Waals surface area contributed by atoms with Crippen LogP contribution in [0.4, 0.5) is 14.3 Å². The number of halogens is 1. The van der Waals surface area contributed by atoms with Gasteiger partial charge in [0.05, 0.1) is 34.5 Å². The molecule has 1 saturated heterocycles. The average Bonchev–Trinajstić information content (AvgIpc) is 3.61. The minimum absolute atomic E-state index is 0.0386. The third-order valence-electron chi connectivity index (χ3n) is 6.21. The first-order valence-corrected chi connectivity index (χ1v) is 14.4. The van der Waals surface area contributed by atoms with Crippen LogP contribution < -0.4 is 4.90 Å². The molecule has 0 aliphatic carbocycles. The number of fused-ring (bicyclic) bond motifs is 1. The number of sulfonamides is 1. The largest absolute Gasteiger partial charge is 0.467 e. The Bertz CT molecular complexity index is 1580. The van der Waals surface area contributed by atoms with Crippen molar-refractivity contribution in [3.8, 4) is 0 Å². The van der Waals surface area contributed by atoms with Crippen molar-refractivity contribution < 1.29 is 31.6 Å². The van der Waals surface area contributed by atoms with Crippen LogP contribution in [0.15, 0.2) is 70.2 Å². The van der Waals surface area contributed by atoms with Crippen molar-refractivity contribution in [2.75, 3.05) is 37.7 Å². The molecule has 39 heavy (non-hydrogen) atoms. The Morgan fingerprint density at radius 1 is 1.10 bits per heavy atom. The van der Waals surface area contributed by atoms with Gasteiger partial charge in [-0.3, -0.25) is 9.69 Å². The van der Waals surface area contributed by atoms with E-state index in [1.807, 2.05) is 0 Å². The van der Waals surface area contributed by atoms with Crippen molar-refractivity contribution in [2.45, 2.75) is 18.4 Å². The lowest BCUT2D eigenvalue weighted by Gasteiger charge is -2.33. The van der Waals surface area contributed by atoms with Gasteiger partial charge in [-0.2, -0.15) is 4.31 Å². The molecule has 3 heterocycles. The summed E-state index contributed by atoms with van der Waals surface area (Å²) in [7, 11) is -3.83. The van der Waals surface area contributed by atoms with Gasteiger partial charge in [0, 0.05) is 31.7 Å². The molecule has 1 aliphatic heterocycles. The predicted molar refractivity (Wildman–Crippen MR) is 143 cm³/mol. The number of rotatable bonds is 7. The van der Waals surface area contributed by atoms with E-state index in [1.54, 1.807) is 25.1 Å². The summed E-state index contributed by atoms with van der Waals surface area (Å²) in [5, 5.41) is 0.355. The number of amides is 2. The molecule has 204 valence electrons. The number of hydrogen-bond donors (Lipinski definition) is 0. The van der Waals surface area contributed by atoms with Gasteiger partial charge < -0.3 is 14.1 Å². The lowest BCUT2D eigenvalue weighted by molar-refractivity contribution is 0.0933. The molecular formula is C26H25FN4O6S2. The van der Waals surface area contributed by atoms with Gasteiger partial charge in [0.25, 0.3) is 5.91 Å². The van der Waals surface area contributed by atoms with E-state index in [2.05, 4.69) is 4.98 Å². The van der Waals surface area contributed by atoms with E-state index in [-0.39, 0.29) is 49.8 Å². The molecule has 0 N–H and O–H groups in total. The highest BCUT2D eigenvalue weighted by Crippen LogP contribution is 2.31. The molecule has 0 atom stereocenters. The first kappa shape index (κ1) is 26.8. The molecule has 4 aromatic rings. The molecule has 0 bridgehead atoms. The monoisotopic (exact) mass is 572 g/mol. The molecule has 2 aromatic carbocycles. The topological polar surface area (TPSA) is 113 Å². The van der Waals surface area contributed by atoms with Crippen LogP contribution >= 0.6 is 11.3 Å². The first-order chi connectivity index (χ1) is 18.8. The normalized spacial score (nSPS) is 14.5. The molecule has 2 aromatic heterocycles. The van der Waals surface area contributed by atoms with E-state index >= 15 is 0 Å². The van der Waals surface area contributed by atoms with Crippen molar-refractivity contribution in [2.24, 2.45) is 0 Å². The third-order valence-corrected chi connectivity index (χ3v) is 9.17. The summed E-state index contributed by atoms with van der Waals surface area (Å²) in [5.74, 6) is -0.298. The summed E-state index contributed by atoms with van der Waals surface area (Å²) in [6.07, 6.45) is 1.03. The Hall–Kier alpha value is -3.81. The maximum atomic E-state index is 13.7. The summed E-state index contributed by atoms with van der Waals surface area (Å²) in [4.78, 5) is 33.0. The number of nitrogens with zero attached hydrogens (tertiary/aromatic N) is 4. The molecule has 0 saturated carbocycles. The highest BCUT2D eigenvalue weighted by Gasteiger charge is 2.31. The van der Waals surface area contributed by atoms with E-state index in [0.29, 0.717) is 21.1 Å². The predicted octanol–water partition coefficient (Wildman–Crippen LogP) is 4.34. The van der Waals surface area contributed by atoms with Crippen LogP contribution in [0.5, 0.6) is 0 Å². The van der Waals surface area contributed by atoms with Crippen LogP contribution in [0.2, 0.25) is 0 Å². The van der Waals surface area contributed by atoms with E-state index in [4.69, 9.17) is 9.15 Å². The second kappa shape index (κ2) is 11.1. The van der Waals surface area contributed by atoms with E-state index in [9.17, 15) is 22.4 Å². The third kappa shape index (κ3) is 5.65. The minimum Gasteiger partial charge on any atom is -0.467 e. The molecule has 0 unspecified atom stereocenters. The van der Waals surface area contributed by atoms with Crippen LogP contribution in [0.1, 0.15) is 23.0 Å². The molecule has 2 amide bonds. The summed E-state index contributed by atoms with van der Waals surface area (Å²) in [5.41, 5.74) is 0.802. The molecule has 1 aliphatic rings. The highest BCUT2D eigenvalue weighted by atomic mass is 32.2. The van der Waals surface area contributed by atoms with Crippen molar-refractivity contribution in [3.05, 3.63) is 78.0 Å². The highest BCUT2D eigenvalue weighted by molar-refractivity contribution is 7.89. The van der Waals surface area contributed by atoms with Gasteiger partial charge in [-0.1, -0.05) is 11.3 Å². The van der Waals surface area contributed by atoms with Crippen LogP contribution in [0, 0.1) is 5.82 Å². The minimum atomic E-state index is -3.83. The van der Waals surface area contributed by atoms with Crippen molar-refractivity contribution in [1.29, 1.82) is 0 Å². The maximum Gasteiger partial charge on any atom is 0.409 e. The summed E-state index contributed by atoms with van der Waals surface area (Å²) in [6, 6.07) is 13.3. The van der Waals surface area contributed by atoms with Gasteiger partial charge in [0.2, 0.25) is 10.0 Å². The van der Waals surface area contributed by atoms with Crippen LogP contribution in [0.3, 0.4) is 0 Å². The number of ether oxygens (including phenoxy) is 1. The van der Waals surface area contributed by atoms with Crippen LogP contribution in [0.25, 0.3) is 10.2 Å². The Kier molecular flexibility index (Phi) is 7.64. The number of benzene rings is 2. The Labute approximate surface area is 228 Å². The zero-order valence-corrected chi connectivity index (χ0v) is 22.6. The van der Waals surface area contributed by atoms with Gasteiger partial charge in [0.1, 0.15) is 11.6 Å². The van der Waals surface area contributed by atoms with Crippen molar-refractivity contribution >= 4 is 48.7 Å². The van der Waals surface area contributed by atoms with Gasteiger partial charge >= 0.3 is 6.09 Å². The smallest absolute Gasteiger partial charge is 0.409 e. The molecule has 1 fully saturated rings. The summed E-state index contributed by atoms with van der Waals surface area (Å²) < 4.78 is 52.5. The number of carbonyl (C=O) groups is 2. The fourth-order valence-corrected chi connectivity index (χ4v) is 6.60. The lowest BCUT2D eigenvalue weighted by Crippen LogP contribution is -2.50. The Morgan fingerprint density at radius 2 is 1.85 bits per heavy atom. The number of anilines is 1. The number of carbonyl (C=O) groups excluding carboxylic acids is 2. The Morgan fingerprint density at radius 3 is 2.51 bits per heavy atom. The fourth-order valence-electron chi connectivity index (χ4n) is 4.19. The van der Waals surface area contributed by atoms with E-state index in [1.165, 1.54) is 68.1 Å². The maximum absolute atomic E-state index is 13.7. The van der Waals surface area contributed by atoms with Crippen LogP contribution in [-0.4, -0.2) is 67.4 Å². The van der Waals surface area contributed by atoms with Gasteiger partial charge in [-0.25, -0.2) is 22.6 Å². The number of piperazine rings is 1. The number of furan rings is 1. The van der Waals surface area contributed by atoms with Gasteiger partial charge in [-0.15, -0.1) is 0 Å². The van der Waals surface area contributed by atoms with Gasteiger partial charge in [0.15, 0.2) is 5.13 Å². The molecule has 0 radical (unpaired) electrons. The average molecular weight is 573 g/mol. The molecule has 13 heteroatoms. The quantitative estimate of drug-likeness (QED) is 0.324. The Balaban J connectivity index is 1.36. The molecule has 10 nitrogen and oxygen atoms in total. The zero-order chi connectivity index (χ0) is 27.6. The van der Waals surface area contributed by atoms with Gasteiger partial charge in [-0.05, 0) is 61.5 Å². The van der Waals surface area contributed by atoms with E-state index < -0.39 is 27.8 Å². The van der Waals surface area contributed by atoms with Crippen molar-refractivity contribution in [3.63, 3.8) is 0 Å². The number of aromatic nitrogens is 1. The molecular weight excluding hydrogens is 547 g/mol. The fraction of sp³-hybridized carbons (Fsp3) is 0.269. The molecule has 0 spiro atoms. The first-order valence-electron chi connectivity index (χ1n) is 12.2. The molecule has 5 rings (SSSR count). The lowest BCUT2D eigenvalue weighted by atomic mass is 10.2. The van der Waals surface area contributed by atoms with Crippen LogP contribution in [-0.2, 0) is 21.3 Å². The number of hydrogen-bond acceptors (Lipinski definition) is 8. The second-order valence-corrected chi connectivity index (χ2v) is 11.6. The summed E-state index contributed by atoms with van der Waals surface area (Å²) in [6.45, 7) is 2.76.